The standard InChI is InChI=1S/C24H27FN4O3/c1-5-29-16(3)20(15(2)27-29)12-13-28(4)22-11-8-18(24(31)32)14-21(22)26-23(30)17-6-9-19(25)10-7-17/h6-11,14H,5,12-13H2,1-4H3,(H,26,30)(H,31,32). The molecule has 168 valence electrons. The van der Waals surface area contributed by atoms with Crippen molar-refractivity contribution >= 4 is 23.3 Å². The molecule has 2 aromatic carbocycles. The molecule has 3 aromatic rings. The normalized spacial score (nSPS) is 10.8. The largest absolute Gasteiger partial charge is 0.478 e. The fourth-order valence-electron chi connectivity index (χ4n) is 3.70. The Morgan fingerprint density at radius 3 is 2.38 bits per heavy atom. The van der Waals surface area contributed by atoms with E-state index in [1.54, 1.807) is 6.07 Å². The molecule has 8 heteroatoms. The van der Waals surface area contributed by atoms with Gasteiger partial charge in [0.2, 0.25) is 0 Å². The maximum Gasteiger partial charge on any atom is 0.335 e. The number of aromatic nitrogens is 2. The second kappa shape index (κ2) is 9.64. The number of amides is 1. The van der Waals surface area contributed by atoms with Gasteiger partial charge in [0.25, 0.3) is 5.91 Å². The van der Waals surface area contributed by atoms with Crippen LogP contribution in [0, 0.1) is 19.7 Å². The predicted molar refractivity (Wildman–Crippen MR) is 122 cm³/mol. The van der Waals surface area contributed by atoms with Crippen molar-refractivity contribution in [3.8, 4) is 0 Å². The Kier molecular flexibility index (Phi) is 6.92. The zero-order valence-corrected chi connectivity index (χ0v) is 18.6. The number of halogens is 1. The summed E-state index contributed by atoms with van der Waals surface area (Å²) in [5, 5.41) is 16.7. The van der Waals surface area contributed by atoms with E-state index in [2.05, 4.69) is 24.3 Å². The third kappa shape index (κ3) is 4.96. The van der Waals surface area contributed by atoms with Gasteiger partial charge in [-0.05, 0) is 75.2 Å². The molecule has 0 spiro atoms. The van der Waals surface area contributed by atoms with Crippen molar-refractivity contribution in [2.75, 3.05) is 23.8 Å². The Hall–Kier alpha value is -3.68. The van der Waals surface area contributed by atoms with Crippen molar-refractivity contribution in [3.05, 3.63) is 76.4 Å². The molecule has 0 radical (unpaired) electrons. The minimum Gasteiger partial charge on any atom is -0.478 e. The summed E-state index contributed by atoms with van der Waals surface area (Å²) in [5.41, 5.74) is 4.69. The van der Waals surface area contributed by atoms with Crippen LogP contribution in [0.5, 0.6) is 0 Å². The van der Waals surface area contributed by atoms with Crippen LogP contribution in [0.15, 0.2) is 42.5 Å². The number of aryl methyl sites for hydroxylation is 2. The summed E-state index contributed by atoms with van der Waals surface area (Å²) in [6.45, 7) is 7.54. The topological polar surface area (TPSA) is 87.5 Å². The van der Waals surface area contributed by atoms with Crippen LogP contribution in [0.2, 0.25) is 0 Å². The lowest BCUT2D eigenvalue weighted by atomic mass is 10.1. The highest BCUT2D eigenvalue weighted by Crippen LogP contribution is 2.28. The molecule has 0 aliphatic heterocycles. The van der Waals surface area contributed by atoms with Crippen LogP contribution < -0.4 is 10.2 Å². The number of carboxylic acid groups (broad SMARTS) is 1. The molecule has 0 fully saturated rings. The molecule has 3 rings (SSSR count). The van der Waals surface area contributed by atoms with Gasteiger partial charge < -0.3 is 15.3 Å². The van der Waals surface area contributed by atoms with Gasteiger partial charge in [-0.15, -0.1) is 0 Å². The zero-order chi connectivity index (χ0) is 23.4. The summed E-state index contributed by atoms with van der Waals surface area (Å²) in [6, 6.07) is 9.79. The molecule has 1 heterocycles. The van der Waals surface area contributed by atoms with Crippen LogP contribution in [0.3, 0.4) is 0 Å². The van der Waals surface area contributed by atoms with Gasteiger partial charge in [-0.25, -0.2) is 9.18 Å². The molecule has 32 heavy (non-hydrogen) atoms. The molecular weight excluding hydrogens is 411 g/mol. The van der Waals surface area contributed by atoms with Crippen LogP contribution in [-0.4, -0.2) is 40.4 Å². The molecule has 0 unspecified atom stereocenters. The Labute approximate surface area is 186 Å². The molecular formula is C24H27FN4O3. The fraction of sp³-hybridized carbons (Fsp3) is 0.292. The lowest BCUT2D eigenvalue weighted by Gasteiger charge is -2.23. The molecule has 0 bridgehead atoms. The average Bonchev–Trinajstić information content (AvgIpc) is 3.04. The minimum atomic E-state index is -1.09. The van der Waals surface area contributed by atoms with Gasteiger partial charge in [0.1, 0.15) is 5.82 Å². The van der Waals surface area contributed by atoms with Gasteiger partial charge in [-0.3, -0.25) is 9.48 Å². The van der Waals surface area contributed by atoms with Gasteiger partial charge >= 0.3 is 5.97 Å². The number of nitrogens with zero attached hydrogens (tertiary/aromatic N) is 3. The molecule has 1 aromatic heterocycles. The van der Waals surface area contributed by atoms with E-state index in [4.69, 9.17) is 0 Å². The fourth-order valence-corrected chi connectivity index (χ4v) is 3.70. The van der Waals surface area contributed by atoms with E-state index in [1.165, 1.54) is 42.0 Å². The van der Waals surface area contributed by atoms with Crippen molar-refractivity contribution in [2.45, 2.75) is 33.7 Å². The second-order valence-corrected chi connectivity index (χ2v) is 7.63. The van der Waals surface area contributed by atoms with E-state index in [0.29, 0.717) is 17.9 Å². The van der Waals surface area contributed by atoms with Crippen LogP contribution in [0.1, 0.15) is 44.6 Å². The first-order valence-corrected chi connectivity index (χ1v) is 10.4. The van der Waals surface area contributed by atoms with Gasteiger partial charge in [-0.1, -0.05) is 0 Å². The molecule has 2 N–H and O–H groups in total. The summed E-state index contributed by atoms with van der Waals surface area (Å²) in [5.74, 6) is -1.97. The first-order valence-electron chi connectivity index (χ1n) is 10.4. The lowest BCUT2D eigenvalue weighted by molar-refractivity contribution is 0.0696. The van der Waals surface area contributed by atoms with E-state index in [0.717, 1.165) is 24.4 Å². The highest BCUT2D eigenvalue weighted by Gasteiger charge is 2.17. The summed E-state index contributed by atoms with van der Waals surface area (Å²) in [7, 11) is 1.89. The monoisotopic (exact) mass is 438 g/mol. The van der Waals surface area contributed by atoms with Crippen molar-refractivity contribution in [1.82, 2.24) is 9.78 Å². The van der Waals surface area contributed by atoms with Crippen LogP contribution in [0.25, 0.3) is 0 Å². The first kappa shape index (κ1) is 23.0. The molecule has 0 saturated heterocycles. The number of benzene rings is 2. The number of likely N-dealkylation sites (N-methyl/N-ethyl adjacent to an activating group) is 1. The molecule has 0 aliphatic rings. The summed E-state index contributed by atoms with van der Waals surface area (Å²) >= 11 is 0. The van der Waals surface area contributed by atoms with Crippen molar-refractivity contribution in [1.29, 1.82) is 0 Å². The number of hydrogen-bond acceptors (Lipinski definition) is 4. The second-order valence-electron chi connectivity index (χ2n) is 7.63. The Balaban J connectivity index is 1.85. The van der Waals surface area contributed by atoms with Crippen molar-refractivity contribution in [3.63, 3.8) is 0 Å². The predicted octanol–water partition coefficient (Wildman–Crippen LogP) is 4.29. The first-order chi connectivity index (χ1) is 15.2. The Morgan fingerprint density at radius 1 is 1.12 bits per heavy atom. The quantitative estimate of drug-likeness (QED) is 0.548. The maximum atomic E-state index is 13.2. The minimum absolute atomic E-state index is 0.0625. The lowest BCUT2D eigenvalue weighted by Crippen LogP contribution is -2.23. The Bertz CT molecular complexity index is 1140. The highest BCUT2D eigenvalue weighted by atomic mass is 19.1. The summed E-state index contributed by atoms with van der Waals surface area (Å²) in [6.07, 6.45) is 0.750. The highest BCUT2D eigenvalue weighted by molar-refractivity contribution is 6.06. The van der Waals surface area contributed by atoms with Crippen molar-refractivity contribution in [2.24, 2.45) is 0 Å². The maximum absolute atomic E-state index is 13.2. The van der Waals surface area contributed by atoms with E-state index < -0.39 is 17.7 Å². The molecule has 1 amide bonds. The molecule has 7 nitrogen and oxygen atoms in total. The van der Waals surface area contributed by atoms with Crippen LogP contribution >= 0.6 is 0 Å². The number of carbonyl (C=O) groups excluding carboxylic acids is 1. The number of hydrogen-bond donors (Lipinski definition) is 2. The summed E-state index contributed by atoms with van der Waals surface area (Å²) in [4.78, 5) is 26.1. The van der Waals surface area contributed by atoms with Gasteiger partial charge in [0, 0.05) is 31.4 Å². The number of carboxylic acids is 1. The third-order valence-corrected chi connectivity index (χ3v) is 5.54. The van der Waals surface area contributed by atoms with Gasteiger partial charge in [0.15, 0.2) is 0 Å². The number of anilines is 2. The molecule has 0 aliphatic carbocycles. The van der Waals surface area contributed by atoms with E-state index in [9.17, 15) is 19.1 Å². The number of carbonyl (C=O) groups is 2. The van der Waals surface area contributed by atoms with E-state index in [1.807, 2.05) is 23.6 Å². The average molecular weight is 439 g/mol. The number of aromatic carboxylic acids is 1. The third-order valence-electron chi connectivity index (χ3n) is 5.54. The summed E-state index contributed by atoms with van der Waals surface area (Å²) < 4.78 is 15.2. The van der Waals surface area contributed by atoms with Gasteiger partial charge in [-0.2, -0.15) is 5.10 Å². The van der Waals surface area contributed by atoms with Crippen molar-refractivity contribution < 1.29 is 19.1 Å². The van der Waals surface area contributed by atoms with E-state index in [-0.39, 0.29) is 11.1 Å². The van der Waals surface area contributed by atoms with Crippen LogP contribution in [-0.2, 0) is 13.0 Å². The van der Waals surface area contributed by atoms with E-state index >= 15 is 0 Å². The number of nitrogens with one attached hydrogen (secondary N) is 1. The smallest absolute Gasteiger partial charge is 0.335 e. The SMILES string of the molecule is CCn1nc(C)c(CCN(C)c2ccc(C(=O)O)cc2NC(=O)c2ccc(F)cc2)c1C. The van der Waals surface area contributed by atoms with Gasteiger partial charge in [0.05, 0.1) is 22.6 Å². The van der Waals surface area contributed by atoms with Crippen LogP contribution in [0.4, 0.5) is 15.8 Å². The zero-order valence-electron chi connectivity index (χ0n) is 18.6. The number of rotatable bonds is 8. The Morgan fingerprint density at radius 2 is 1.78 bits per heavy atom. The molecule has 0 saturated carbocycles. The molecule has 0 atom stereocenters.